The van der Waals surface area contributed by atoms with Crippen LogP contribution in [0.15, 0.2) is 35.6 Å². The minimum Gasteiger partial charge on any atom is -0.494 e. The van der Waals surface area contributed by atoms with E-state index in [1.807, 2.05) is 26.4 Å². The summed E-state index contributed by atoms with van der Waals surface area (Å²) in [6, 6.07) is 6.24. The molecule has 0 unspecified atom stereocenters. The number of rotatable bonds is 6. The van der Waals surface area contributed by atoms with Crippen molar-refractivity contribution in [2.24, 2.45) is 12.0 Å². The van der Waals surface area contributed by atoms with Gasteiger partial charge in [0.25, 0.3) is 0 Å². The Hall–Kier alpha value is -2.50. The molecule has 2 N–H and O–H groups in total. The molecule has 1 aromatic carbocycles. The second kappa shape index (κ2) is 8.22. The Morgan fingerprint density at radius 3 is 2.74 bits per heavy atom. The zero-order valence-electron chi connectivity index (χ0n) is 14.3. The van der Waals surface area contributed by atoms with Crippen molar-refractivity contribution in [3.63, 3.8) is 0 Å². The molecule has 0 saturated heterocycles. The van der Waals surface area contributed by atoms with Gasteiger partial charge in [-0.05, 0) is 25.5 Å². The van der Waals surface area contributed by atoms with Gasteiger partial charge in [0.15, 0.2) is 5.96 Å². The van der Waals surface area contributed by atoms with Gasteiger partial charge in [0.1, 0.15) is 5.75 Å². The minimum absolute atomic E-state index is 0.655. The standard InChI is InChI=1S/C17H25N5O/c1-5-23-16-8-13(2)6-7-15(16)11-20-17(18-3)19-9-14-10-21-22(4)12-14/h6-8,10,12H,5,9,11H2,1-4H3,(H2,18,19,20). The first-order chi connectivity index (χ1) is 11.1. The van der Waals surface area contributed by atoms with E-state index in [1.165, 1.54) is 5.56 Å². The van der Waals surface area contributed by atoms with E-state index in [4.69, 9.17) is 4.74 Å². The molecule has 0 radical (unpaired) electrons. The molecule has 0 aliphatic carbocycles. The third-order valence-electron chi connectivity index (χ3n) is 3.41. The maximum absolute atomic E-state index is 5.70. The van der Waals surface area contributed by atoms with Crippen molar-refractivity contribution < 1.29 is 4.74 Å². The minimum atomic E-state index is 0.655. The van der Waals surface area contributed by atoms with Crippen LogP contribution < -0.4 is 15.4 Å². The number of guanidine groups is 1. The molecule has 0 amide bonds. The van der Waals surface area contributed by atoms with E-state index in [0.29, 0.717) is 19.7 Å². The van der Waals surface area contributed by atoms with Crippen LogP contribution in [0.2, 0.25) is 0 Å². The van der Waals surface area contributed by atoms with Crippen molar-refractivity contribution >= 4 is 5.96 Å². The van der Waals surface area contributed by atoms with Crippen molar-refractivity contribution in [3.8, 4) is 5.75 Å². The quantitative estimate of drug-likeness (QED) is 0.632. The zero-order chi connectivity index (χ0) is 16.7. The predicted molar refractivity (Wildman–Crippen MR) is 92.6 cm³/mol. The number of ether oxygens (including phenoxy) is 1. The van der Waals surface area contributed by atoms with Crippen molar-refractivity contribution in [3.05, 3.63) is 47.3 Å². The van der Waals surface area contributed by atoms with Gasteiger partial charge in [0.05, 0.1) is 12.8 Å². The monoisotopic (exact) mass is 315 g/mol. The number of aliphatic imine (C=N–C) groups is 1. The Kier molecular flexibility index (Phi) is 6.02. The number of nitrogens with one attached hydrogen (secondary N) is 2. The maximum Gasteiger partial charge on any atom is 0.191 e. The van der Waals surface area contributed by atoms with E-state index in [0.717, 1.165) is 22.8 Å². The molecule has 0 saturated carbocycles. The highest BCUT2D eigenvalue weighted by Crippen LogP contribution is 2.20. The van der Waals surface area contributed by atoms with Crippen LogP contribution in [0, 0.1) is 6.92 Å². The molecule has 6 nitrogen and oxygen atoms in total. The molecule has 0 aliphatic heterocycles. The summed E-state index contributed by atoms with van der Waals surface area (Å²) in [7, 11) is 3.67. The van der Waals surface area contributed by atoms with Crippen molar-refractivity contribution in [2.75, 3.05) is 13.7 Å². The molecular formula is C17H25N5O. The summed E-state index contributed by atoms with van der Waals surface area (Å²) in [6.07, 6.45) is 3.82. The van der Waals surface area contributed by atoms with E-state index in [2.05, 4.69) is 45.8 Å². The van der Waals surface area contributed by atoms with E-state index in [-0.39, 0.29) is 0 Å². The summed E-state index contributed by atoms with van der Waals surface area (Å²) in [5.74, 6) is 1.67. The maximum atomic E-state index is 5.70. The molecular weight excluding hydrogens is 290 g/mol. The van der Waals surface area contributed by atoms with Gasteiger partial charge in [-0.25, -0.2) is 0 Å². The average Bonchev–Trinajstić information content (AvgIpc) is 2.95. The Labute approximate surface area is 137 Å². The average molecular weight is 315 g/mol. The number of hydrogen-bond donors (Lipinski definition) is 2. The van der Waals surface area contributed by atoms with Gasteiger partial charge in [0, 0.05) is 44.5 Å². The Bertz CT molecular complexity index is 663. The van der Waals surface area contributed by atoms with E-state index >= 15 is 0 Å². The smallest absolute Gasteiger partial charge is 0.191 e. The normalized spacial score (nSPS) is 11.4. The summed E-state index contributed by atoms with van der Waals surface area (Å²) in [4.78, 5) is 4.24. The van der Waals surface area contributed by atoms with Gasteiger partial charge in [-0.15, -0.1) is 0 Å². The van der Waals surface area contributed by atoms with Gasteiger partial charge < -0.3 is 15.4 Å². The van der Waals surface area contributed by atoms with E-state index in [9.17, 15) is 0 Å². The SMILES string of the molecule is CCOc1cc(C)ccc1CNC(=NC)NCc1cnn(C)c1. The fourth-order valence-electron chi connectivity index (χ4n) is 2.25. The first-order valence-corrected chi connectivity index (χ1v) is 7.76. The Morgan fingerprint density at radius 1 is 1.30 bits per heavy atom. The van der Waals surface area contributed by atoms with Gasteiger partial charge in [-0.1, -0.05) is 12.1 Å². The van der Waals surface area contributed by atoms with Gasteiger partial charge >= 0.3 is 0 Å². The Morgan fingerprint density at radius 2 is 2.09 bits per heavy atom. The number of hydrogen-bond acceptors (Lipinski definition) is 3. The summed E-state index contributed by atoms with van der Waals surface area (Å²) < 4.78 is 7.49. The molecule has 2 aromatic rings. The second-order valence-corrected chi connectivity index (χ2v) is 5.35. The number of aromatic nitrogens is 2. The van der Waals surface area contributed by atoms with E-state index < -0.39 is 0 Å². The second-order valence-electron chi connectivity index (χ2n) is 5.35. The highest BCUT2D eigenvalue weighted by atomic mass is 16.5. The first-order valence-electron chi connectivity index (χ1n) is 7.76. The molecule has 124 valence electrons. The van der Waals surface area contributed by atoms with Crippen molar-refractivity contribution in [1.29, 1.82) is 0 Å². The summed E-state index contributed by atoms with van der Waals surface area (Å²) in [5.41, 5.74) is 3.42. The van der Waals surface area contributed by atoms with Crippen LogP contribution in [0.5, 0.6) is 5.75 Å². The molecule has 0 atom stereocenters. The lowest BCUT2D eigenvalue weighted by atomic mass is 10.1. The van der Waals surface area contributed by atoms with Crippen LogP contribution in [-0.4, -0.2) is 29.4 Å². The fraction of sp³-hybridized carbons (Fsp3) is 0.412. The number of benzene rings is 1. The molecule has 0 spiro atoms. The first kappa shape index (κ1) is 16.9. The molecule has 1 heterocycles. The molecule has 2 rings (SSSR count). The predicted octanol–water partition coefficient (Wildman–Crippen LogP) is 1.99. The highest BCUT2D eigenvalue weighted by molar-refractivity contribution is 5.79. The van der Waals surface area contributed by atoms with Crippen LogP contribution in [-0.2, 0) is 20.1 Å². The van der Waals surface area contributed by atoms with Crippen LogP contribution >= 0.6 is 0 Å². The van der Waals surface area contributed by atoms with Crippen molar-refractivity contribution in [1.82, 2.24) is 20.4 Å². The molecule has 6 heteroatoms. The number of aryl methyl sites for hydroxylation is 2. The summed E-state index contributed by atoms with van der Waals surface area (Å²) in [5, 5.41) is 10.7. The highest BCUT2D eigenvalue weighted by Gasteiger charge is 2.06. The van der Waals surface area contributed by atoms with E-state index in [1.54, 1.807) is 11.7 Å². The molecule has 23 heavy (non-hydrogen) atoms. The largest absolute Gasteiger partial charge is 0.494 e. The lowest BCUT2D eigenvalue weighted by Gasteiger charge is -2.14. The molecule has 1 aromatic heterocycles. The Balaban J connectivity index is 1.92. The lowest BCUT2D eigenvalue weighted by molar-refractivity contribution is 0.336. The van der Waals surface area contributed by atoms with Crippen molar-refractivity contribution in [2.45, 2.75) is 26.9 Å². The van der Waals surface area contributed by atoms with Crippen LogP contribution in [0.1, 0.15) is 23.6 Å². The third kappa shape index (κ3) is 5.02. The fourth-order valence-corrected chi connectivity index (χ4v) is 2.25. The molecule has 0 bridgehead atoms. The van der Waals surface area contributed by atoms with Crippen LogP contribution in [0.4, 0.5) is 0 Å². The van der Waals surface area contributed by atoms with Gasteiger partial charge in [-0.2, -0.15) is 5.10 Å². The molecule has 0 aliphatic rings. The molecule has 0 fully saturated rings. The summed E-state index contributed by atoms with van der Waals surface area (Å²) >= 11 is 0. The topological polar surface area (TPSA) is 63.5 Å². The number of nitrogens with zero attached hydrogens (tertiary/aromatic N) is 3. The summed E-state index contributed by atoms with van der Waals surface area (Å²) in [6.45, 7) is 6.05. The third-order valence-corrected chi connectivity index (χ3v) is 3.41. The lowest BCUT2D eigenvalue weighted by Crippen LogP contribution is -2.36. The van der Waals surface area contributed by atoms with Crippen LogP contribution in [0.3, 0.4) is 0 Å². The zero-order valence-corrected chi connectivity index (χ0v) is 14.3. The van der Waals surface area contributed by atoms with Gasteiger partial charge in [-0.3, -0.25) is 9.67 Å². The van der Waals surface area contributed by atoms with Crippen LogP contribution in [0.25, 0.3) is 0 Å². The van der Waals surface area contributed by atoms with Gasteiger partial charge in [0.2, 0.25) is 0 Å².